The van der Waals surface area contributed by atoms with E-state index in [0.29, 0.717) is 5.92 Å². The maximum Gasteiger partial charge on any atom is 0.0628 e. The molecule has 0 N–H and O–H groups in total. The van der Waals surface area contributed by atoms with Gasteiger partial charge in [0.15, 0.2) is 0 Å². The lowest BCUT2D eigenvalue weighted by molar-refractivity contribution is 0.422. The highest BCUT2D eigenvalue weighted by atomic mass is 14.9. The van der Waals surface area contributed by atoms with E-state index >= 15 is 0 Å². The SMILES string of the molecule is C=c1c2c(C)c3ccccc3cc2n2c3ccccc3c3c(C4CC5CCC4C5)cc(/C=C\C)c1c32. The fraction of sp³-hybridized carbons (Fsp3) is 0.257. The summed E-state index contributed by atoms with van der Waals surface area (Å²) in [5.74, 6) is 2.44. The number of pyridine rings is 1. The fourth-order valence-corrected chi connectivity index (χ4v) is 8.21. The van der Waals surface area contributed by atoms with Gasteiger partial charge in [0.25, 0.3) is 0 Å². The largest absolute Gasteiger partial charge is 0.308 e. The van der Waals surface area contributed by atoms with E-state index in [2.05, 4.69) is 91.1 Å². The lowest BCUT2D eigenvalue weighted by atomic mass is 9.80. The molecule has 2 fully saturated rings. The van der Waals surface area contributed by atoms with E-state index in [9.17, 15) is 0 Å². The second kappa shape index (κ2) is 7.23. The van der Waals surface area contributed by atoms with Gasteiger partial charge in [-0.2, -0.15) is 0 Å². The Kier molecular flexibility index (Phi) is 4.14. The average molecular weight is 466 g/mol. The van der Waals surface area contributed by atoms with Gasteiger partial charge in [-0.05, 0) is 95.7 Å². The molecular weight excluding hydrogens is 434 g/mol. The first-order valence-electron chi connectivity index (χ1n) is 13.6. The summed E-state index contributed by atoms with van der Waals surface area (Å²) in [7, 11) is 0. The summed E-state index contributed by atoms with van der Waals surface area (Å²) in [6.07, 6.45) is 10.1. The number of fused-ring (bicyclic) bond motifs is 8. The molecule has 2 saturated carbocycles. The normalized spacial score (nSPS) is 22.0. The summed E-state index contributed by atoms with van der Waals surface area (Å²) in [4.78, 5) is 0. The molecule has 4 aromatic carbocycles. The van der Waals surface area contributed by atoms with Crippen LogP contribution in [0, 0.1) is 18.8 Å². The molecule has 2 aromatic heterocycles. The van der Waals surface area contributed by atoms with Crippen LogP contribution in [0.15, 0.2) is 66.7 Å². The molecule has 36 heavy (non-hydrogen) atoms. The van der Waals surface area contributed by atoms with Crippen LogP contribution >= 0.6 is 0 Å². The Labute approximate surface area is 211 Å². The van der Waals surface area contributed by atoms with Crippen LogP contribution in [0.4, 0.5) is 0 Å². The van der Waals surface area contributed by atoms with Crippen molar-refractivity contribution in [1.82, 2.24) is 4.40 Å². The van der Waals surface area contributed by atoms with Crippen LogP contribution in [0.3, 0.4) is 0 Å². The Morgan fingerprint density at radius 2 is 1.67 bits per heavy atom. The second-order valence-electron chi connectivity index (χ2n) is 11.4. The Morgan fingerprint density at radius 1 is 0.861 bits per heavy atom. The van der Waals surface area contributed by atoms with Crippen molar-refractivity contribution in [2.45, 2.75) is 45.4 Å². The van der Waals surface area contributed by atoms with E-state index in [1.54, 1.807) is 5.56 Å². The first kappa shape index (κ1) is 20.6. The van der Waals surface area contributed by atoms with Gasteiger partial charge in [0, 0.05) is 21.5 Å². The topological polar surface area (TPSA) is 4.41 Å². The van der Waals surface area contributed by atoms with E-state index in [0.717, 1.165) is 11.8 Å². The Bertz CT molecular complexity index is 1950. The zero-order chi connectivity index (χ0) is 24.1. The number of allylic oxidation sites excluding steroid dienone is 1. The van der Waals surface area contributed by atoms with Crippen molar-refractivity contribution in [3.63, 3.8) is 0 Å². The van der Waals surface area contributed by atoms with Crippen molar-refractivity contribution in [3.05, 3.63) is 88.6 Å². The molecule has 3 atom stereocenters. The highest BCUT2D eigenvalue weighted by Crippen LogP contribution is 2.55. The lowest BCUT2D eigenvalue weighted by Crippen LogP contribution is -2.13. The predicted molar refractivity (Wildman–Crippen MR) is 156 cm³/mol. The van der Waals surface area contributed by atoms with E-state index in [4.69, 9.17) is 6.58 Å². The molecule has 0 aliphatic heterocycles. The van der Waals surface area contributed by atoms with Crippen molar-refractivity contribution in [2.24, 2.45) is 11.8 Å². The Morgan fingerprint density at radius 3 is 2.44 bits per heavy atom. The maximum absolute atomic E-state index is 4.78. The molecule has 1 heteroatoms. The summed E-state index contributed by atoms with van der Waals surface area (Å²) in [5, 5.41) is 9.27. The predicted octanol–water partition coefficient (Wildman–Crippen LogP) is 8.93. The van der Waals surface area contributed by atoms with Gasteiger partial charge in [0.1, 0.15) is 0 Å². The van der Waals surface area contributed by atoms with Crippen molar-refractivity contribution < 1.29 is 0 Å². The molecule has 2 heterocycles. The third-order valence-electron chi connectivity index (χ3n) is 9.62. The number of hydrogen-bond acceptors (Lipinski definition) is 0. The highest BCUT2D eigenvalue weighted by molar-refractivity contribution is 6.21. The molecule has 0 amide bonds. The molecule has 1 nitrogen and oxygen atoms in total. The number of benzene rings is 4. The molecule has 2 aliphatic rings. The van der Waals surface area contributed by atoms with Gasteiger partial charge in [0.2, 0.25) is 0 Å². The second-order valence-corrected chi connectivity index (χ2v) is 11.4. The molecule has 176 valence electrons. The number of nitrogens with zero attached hydrogens (tertiary/aromatic N) is 1. The monoisotopic (exact) mass is 465 g/mol. The summed E-state index contributed by atoms with van der Waals surface area (Å²) in [6.45, 7) is 9.20. The van der Waals surface area contributed by atoms with Crippen LogP contribution in [0.2, 0.25) is 0 Å². The molecule has 0 spiro atoms. The van der Waals surface area contributed by atoms with Crippen LogP contribution in [0.1, 0.15) is 55.2 Å². The molecule has 3 unspecified atom stereocenters. The minimum absolute atomic E-state index is 0.675. The first-order chi connectivity index (χ1) is 17.7. The standard InChI is InChI=1S/C35H31N/c1-4-9-25-18-29(28-17-22-14-15-24(28)16-22)34-27-12-7-8-13-30(27)36-31-19-23-10-5-6-11-26(23)20(2)32(31)21(3)33(25)35(34)36/h4-13,18-19,22,24,28H,3,14-17H2,1-2H3/b9-4-. The minimum atomic E-state index is 0.675. The van der Waals surface area contributed by atoms with Gasteiger partial charge < -0.3 is 4.40 Å². The highest BCUT2D eigenvalue weighted by Gasteiger charge is 2.41. The summed E-state index contributed by atoms with van der Waals surface area (Å²) >= 11 is 0. The van der Waals surface area contributed by atoms with Crippen molar-refractivity contribution in [3.8, 4) is 0 Å². The van der Waals surface area contributed by atoms with Crippen molar-refractivity contribution in [1.29, 1.82) is 0 Å². The van der Waals surface area contributed by atoms with E-state index < -0.39 is 0 Å². The molecular formula is C35H31N. The third-order valence-corrected chi connectivity index (χ3v) is 9.62. The van der Waals surface area contributed by atoms with Crippen LogP contribution < -0.4 is 5.22 Å². The lowest BCUT2D eigenvalue weighted by Gasteiger charge is -2.25. The number of aryl methyl sites for hydroxylation is 1. The maximum atomic E-state index is 4.78. The number of para-hydroxylation sites is 1. The van der Waals surface area contributed by atoms with Gasteiger partial charge in [-0.15, -0.1) is 0 Å². The summed E-state index contributed by atoms with van der Waals surface area (Å²) in [5.41, 5.74) is 8.21. The number of rotatable bonds is 2. The van der Waals surface area contributed by atoms with Gasteiger partial charge in [-0.1, -0.05) is 73.7 Å². The number of hydrogen-bond donors (Lipinski definition) is 0. The Hall–Kier alpha value is -3.58. The van der Waals surface area contributed by atoms with Crippen LogP contribution in [0.5, 0.6) is 0 Å². The van der Waals surface area contributed by atoms with E-state index in [1.165, 1.54) is 90.9 Å². The molecule has 0 saturated heterocycles. The summed E-state index contributed by atoms with van der Waals surface area (Å²) < 4.78 is 2.58. The van der Waals surface area contributed by atoms with Crippen molar-refractivity contribution >= 4 is 61.5 Å². The first-order valence-corrected chi connectivity index (χ1v) is 13.6. The van der Waals surface area contributed by atoms with Crippen LogP contribution in [0.25, 0.3) is 61.5 Å². The average Bonchev–Trinajstić information content (AvgIpc) is 3.61. The third kappa shape index (κ3) is 2.51. The number of aromatic nitrogens is 1. The van der Waals surface area contributed by atoms with E-state index in [-0.39, 0.29) is 0 Å². The zero-order valence-electron chi connectivity index (χ0n) is 21.1. The molecule has 8 rings (SSSR count). The van der Waals surface area contributed by atoms with Crippen LogP contribution in [-0.2, 0) is 0 Å². The van der Waals surface area contributed by atoms with Gasteiger partial charge in [0.05, 0.1) is 16.6 Å². The van der Waals surface area contributed by atoms with Crippen molar-refractivity contribution in [2.75, 3.05) is 0 Å². The van der Waals surface area contributed by atoms with Crippen LogP contribution in [-0.4, -0.2) is 4.40 Å². The zero-order valence-corrected chi connectivity index (χ0v) is 21.1. The van der Waals surface area contributed by atoms with Gasteiger partial charge >= 0.3 is 0 Å². The quantitative estimate of drug-likeness (QED) is 0.225. The smallest absolute Gasteiger partial charge is 0.0628 e. The van der Waals surface area contributed by atoms with Gasteiger partial charge in [-0.3, -0.25) is 0 Å². The Balaban J connectivity index is 1.67. The summed E-state index contributed by atoms with van der Waals surface area (Å²) in [6, 6.07) is 22.8. The minimum Gasteiger partial charge on any atom is -0.308 e. The fourth-order valence-electron chi connectivity index (χ4n) is 8.21. The van der Waals surface area contributed by atoms with Gasteiger partial charge in [-0.25, -0.2) is 0 Å². The molecule has 6 aromatic rings. The molecule has 2 aliphatic carbocycles. The molecule has 2 bridgehead atoms. The molecule has 0 radical (unpaired) electrons. The van der Waals surface area contributed by atoms with E-state index in [1.807, 2.05) is 0 Å².